The van der Waals surface area contributed by atoms with Gasteiger partial charge in [-0.3, -0.25) is 58.3 Å². The van der Waals surface area contributed by atoms with Crippen molar-refractivity contribution in [3.63, 3.8) is 0 Å². The van der Waals surface area contributed by atoms with Gasteiger partial charge in [-0.25, -0.2) is 36.3 Å². The highest BCUT2D eigenvalue weighted by atomic mass is 32.2. The molecule has 16 rings (SSSR count). The number of carbonyl (C=O) groups excluding carboxylic acids is 8. The third-order valence-corrected chi connectivity index (χ3v) is 22.4. The monoisotopic (exact) mass is 1980 g/mol. The number of hydrogen-bond acceptors (Lipinski definition) is 29. The van der Waals surface area contributed by atoms with Crippen molar-refractivity contribution >= 4 is 126 Å². The van der Waals surface area contributed by atoms with Gasteiger partial charge in [0.1, 0.15) is 97.7 Å². The van der Waals surface area contributed by atoms with Crippen molar-refractivity contribution in [2.45, 2.75) is 10.4 Å². The maximum absolute atomic E-state index is 14.8. The first-order chi connectivity index (χ1) is 67.6. The van der Waals surface area contributed by atoms with E-state index < -0.39 is 70.3 Å². The number of carbonyl (C=O) groups is 8. The van der Waals surface area contributed by atoms with Gasteiger partial charge in [-0.1, -0.05) is 70.5 Å². The summed E-state index contributed by atoms with van der Waals surface area (Å²) in [6, 6.07) is 54.4. The molecular weight excluding hydrogens is 1900 g/mol. The fraction of sp³-hybridized carbons (Fsp3) is 0.0928. The molecule has 8 amide bonds. The van der Waals surface area contributed by atoms with Crippen LogP contribution in [0.2, 0.25) is 0 Å². The molecule has 8 aromatic heterocycles. The Morgan fingerprint density at radius 1 is 0.321 bits per heavy atom. The maximum atomic E-state index is 14.8. The van der Waals surface area contributed by atoms with Gasteiger partial charge in [0.2, 0.25) is 0 Å². The van der Waals surface area contributed by atoms with E-state index in [0.29, 0.717) is 81.9 Å². The highest BCUT2D eigenvalue weighted by Gasteiger charge is 2.28. The van der Waals surface area contributed by atoms with Gasteiger partial charge >= 0.3 is 0 Å². The van der Waals surface area contributed by atoms with Crippen molar-refractivity contribution in [3.05, 3.63) is 330 Å². The highest BCUT2D eigenvalue weighted by molar-refractivity contribution is 7.98. The summed E-state index contributed by atoms with van der Waals surface area (Å²) in [5, 5.41) is 27.8. The van der Waals surface area contributed by atoms with Gasteiger partial charge in [0.05, 0.1) is 22.6 Å². The number of nitrogens with zero attached hydrogens (tertiary/aromatic N) is 8. The number of thiazole rings is 2. The standard InChI is InChI=1S/C25H22N4O5S.2C24H19F2N5O3S.C24H18F2N4O4S.H2/c1-26-23(30)20-14-19(12-13-27-20)33-18-10-6-16(7-11-18)28-24(31)21-22(34-25(29-21)35-3)15-4-8-17(32-2)9-5-15;1-27-22(32)18-12-16(9-10-29-18)34-19-8-7-15(11-17(19)26)30-23(33)20-21(35-24(28-2)31-20)13-3-5-14(25)6-4-13;1-27-22(32)19-12-16(9-10-29-19)34-15-7-8-18(17(26)11-15)30-23(33)20-21(35-24(28-2)31-20)13-3-5-14(25)6-4-13;1-27-22(31)18-12-16(9-10-28-18)33-19-8-7-15(11-17(19)26)29-23(32)20-21(34-24(30-20)35-2)13-3-5-14(25)6-4-13;/h4-14H,1-3H3,(H,26,30)(H,28,31);2*3-12H,1-2H3,(H,27,32)(H,28,31)(H,30,33);3-12H,1-2H3,(H,27,31)(H,29,32);1H. The summed E-state index contributed by atoms with van der Waals surface area (Å²) in [6.07, 6.45) is 9.19. The molecule has 0 saturated carbocycles. The lowest BCUT2D eigenvalue weighted by Crippen LogP contribution is -2.18. The molecule has 0 unspecified atom stereocenters. The number of halogens is 6. The molecule has 0 bridgehead atoms. The van der Waals surface area contributed by atoms with Crippen molar-refractivity contribution in [2.75, 3.05) is 93.8 Å². The van der Waals surface area contributed by atoms with Crippen LogP contribution in [-0.2, 0) is 0 Å². The Kier molecular flexibility index (Phi) is 33.8. The Morgan fingerprint density at radius 2 is 0.643 bits per heavy atom. The second-order valence-corrected chi connectivity index (χ2v) is 31.9. The smallest absolute Gasteiger partial charge is 0.278 e. The van der Waals surface area contributed by atoms with E-state index in [9.17, 15) is 64.7 Å². The molecule has 0 spiro atoms. The number of hydrogen-bond donors (Lipinski definition) is 10. The minimum Gasteiger partial charge on any atom is -0.497 e. The van der Waals surface area contributed by atoms with Gasteiger partial charge in [-0.05, 0) is 181 Å². The minimum absolute atomic E-state index is 0. The summed E-state index contributed by atoms with van der Waals surface area (Å²) < 4.78 is 123. The molecule has 714 valence electrons. The number of thioether (sulfide) groups is 2. The first-order valence-electron chi connectivity index (χ1n) is 41.2. The summed E-state index contributed by atoms with van der Waals surface area (Å²) in [4.78, 5) is 133. The zero-order chi connectivity index (χ0) is 99.6. The number of rotatable bonds is 29. The third kappa shape index (κ3) is 26.0. The largest absolute Gasteiger partial charge is 0.497 e. The van der Waals surface area contributed by atoms with Gasteiger partial charge in [0.25, 0.3) is 57.7 Å². The van der Waals surface area contributed by atoms with Crippen molar-refractivity contribution in [3.8, 4) is 95.3 Å². The van der Waals surface area contributed by atoms with E-state index in [4.69, 9.17) is 32.5 Å². The lowest BCUT2D eigenvalue weighted by molar-refractivity contribution is 0.0950. The van der Waals surface area contributed by atoms with E-state index in [1.54, 1.807) is 112 Å². The highest BCUT2D eigenvalue weighted by Crippen LogP contribution is 2.40. The molecule has 8 aromatic carbocycles. The van der Waals surface area contributed by atoms with Crippen LogP contribution in [0, 0.1) is 34.9 Å². The van der Waals surface area contributed by atoms with Crippen LogP contribution in [-0.4, -0.2) is 149 Å². The fourth-order valence-corrected chi connectivity index (χ4v) is 14.9. The quantitative estimate of drug-likeness (QED) is 0.0154. The van der Waals surface area contributed by atoms with E-state index in [1.165, 1.54) is 221 Å². The van der Waals surface area contributed by atoms with Crippen LogP contribution in [0.1, 0.15) is 85.3 Å². The maximum Gasteiger partial charge on any atom is 0.278 e. The molecular formula is C97H80F6N18O15S4. The molecule has 0 radical (unpaired) electrons. The van der Waals surface area contributed by atoms with Crippen molar-refractivity contribution in [1.29, 1.82) is 0 Å². The normalized spacial score (nSPS) is 10.5. The van der Waals surface area contributed by atoms with Crippen LogP contribution in [0.3, 0.4) is 0 Å². The number of benzene rings is 8. The average molecular weight is 1980 g/mol. The number of ether oxygens (including phenoxy) is 5. The number of anilines is 6. The number of aromatic nitrogens is 8. The summed E-state index contributed by atoms with van der Waals surface area (Å²) in [5.74, 6) is -4.26. The molecule has 10 N–H and O–H groups in total. The fourth-order valence-electron chi connectivity index (χ4n) is 12.3. The Balaban J connectivity index is 0.000000168. The first-order valence-corrected chi connectivity index (χ1v) is 45.3. The molecule has 140 heavy (non-hydrogen) atoms. The molecule has 33 nitrogen and oxygen atoms in total. The predicted molar refractivity (Wildman–Crippen MR) is 518 cm³/mol. The van der Waals surface area contributed by atoms with Crippen molar-refractivity contribution < 1.29 is 98.6 Å². The second kappa shape index (κ2) is 47.2. The topological polar surface area (TPSA) is 432 Å². The molecule has 0 aliphatic rings. The number of oxazole rings is 2. The van der Waals surface area contributed by atoms with Gasteiger partial charge in [-0.2, -0.15) is 9.97 Å². The van der Waals surface area contributed by atoms with Crippen molar-refractivity contribution in [1.82, 2.24) is 61.1 Å². The predicted octanol–water partition coefficient (Wildman–Crippen LogP) is 20.1. The van der Waals surface area contributed by atoms with E-state index in [0.717, 1.165) is 18.2 Å². The molecule has 16 aromatic rings. The van der Waals surface area contributed by atoms with Crippen LogP contribution in [0.15, 0.2) is 269 Å². The van der Waals surface area contributed by atoms with Crippen LogP contribution in [0.5, 0.6) is 51.7 Å². The number of methoxy groups -OCH3 is 1. The lowest BCUT2D eigenvalue weighted by Gasteiger charge is -2.10. The molecule has 0 aliphatic carbocycles. The number of amides is 8. The Morgan fingerprint density at radius 3 is 1.00 bits per heavy atom. The molecule has 0 atom stereocenters. The SMILES string of the molecule is CNC(=O)c1cc(Oc2ccc(NC(=O)c3nc(NC)sc3-c3ccc(F)cc3)c(F)c2)ccn1.CNC(=O)c1cc(Oc2ccc(NC(=O)c3nc(NC)sc3-c3ccc(F)cc3)cc2F)ccn1.CNC(=O)c1cc(Oc2ccc(NC(=O)c3nc(SC)oc3-c3ccc(F)cc3)cc2F)ccn1.CNC(=O)c1cc(Oc2ccc(NC(=O)c3nc(SC)oc3-c3ccc(OC)cc3)cc2)ccn1.[HH]. The van der Waals surface area contributed by atoms with Crippen molar-refractivity contribution in [2.24, 2.45) is 0 Å². The van der Waals surface area contributed by atoms with Crippen LogP contribution >= 0.6 is 46.2 Å². The Hall–Kier alpha value is -17.3. The Labute approximate surface area is 810 Å². The Bertz CT molecular complexity index is 7010. The minimum atomic E-state index is -0.746. The van der Waals surface area contributed by atoms with E-state index in [1.807, 2.05) is 6.26 Å². The van der Waals surface area contributed by atoms with E-state index in [-0.39, 0.29) is 116 Å². The van der Waals surface area contributed by atoms with Gasteiger partial charge in [0.15, 0.2) is 56.3 Å². The van der Waals surface area contributed by atoms with Crippen LogP contribution in [0.25, 0.3) is 43.5 Å². The number of pyridine rings is 4. The average Bonchev–Trinajstić information content (AvgIpc) is 1.66. The number of nitrogens with one attached hydrogen (secondary N) is 10. The van der Waals surface area contributed by atoms with Crippen LogP contribution < -0.4 is 76.9 Å². The molecule has 0 fully saturated rings. The molecule has 43 heteroatoms. The second-order valence-electron chi connectivity index (χ2n) is 28.4. The summed E-state index contributed by atoms with van der Waals surface area (Å²) >= 11 is 4.96. The van der Waals surface area contributed by atoms with E-state index >= 15 is 0 Å². The van der Waals surface area contributed by atoms with Gasteiger partial charge in [0, 0.05) is 139 Å². The molecule has 0 saturated heterocycles. The van der Waals surface area contributed by atoms with Crippen LogP contribution in [0.4, 0.5) is 59.4 Å². The van der Waals surface area contributed by atoms with Gasteiger partial charge in [-0.15, -0.1) is 0 Å². The molecule has 0 aliphatic heterocycles. The van der Waals surface area contributed by atoms with E-state index in [2.05, 4.69) is 93.0 Å². The van der Waals surface area contributed by atoms with Gasteiger partial charge < -0.3 is 85.7 Å². The first kappa shape index (κ1) is 100. The summed E-state index contributed by atoms with van der Waals surface area (Å²) in [5.41, 5.74) is 4.19. The zero-order valence-corrected chi connectivity index (χ0v) is 78.0. The zero-order valence-electron chi connectivity index (χ0n) is 74.8. The lowest BCUT2D eigenvalue weighted by atomic mass is 10.1. The summed E-state index contributed by atoms with van der Waals surface area (Å²) in [6.45, 7) is 0. The molecule has 8 heterocycles. The summed E-state index contributed by atoms with van der Waals surface area (Å²) in [7, 11) is 10.9. The third-order valence-electron chi connectivity index (χ3n) is 19.1.